The summed E-state index contributed by atoms with van der Waals surface area (Å²) >= 11 is 1.78. The zero-order valence-electron chi connectivity index (χ0n) is 17.2. The van der Waals surface area contributed by atoms with Crippen LogP contribution in [0.5, 0.6) is 5.75 Å². The Morgan fingerprint density at radius 3 is 3.00 bits per heavy atom. The second kappa shape index (κ2) is 8.06. The average Bonchev–Trinajstić information content (AvgIpc) is 3.17. The van der Waals surface area contributed by atoms with Crippen molar-refractivity contribution in [2.24, 2.45) is 4.99 Å². The first-order chi connectivity index (χ1) is 13.9. The number of aliphatic imine (C=N–C) groups is 1. The van der Waals surface area contributed by atoms with E-state index >= 15 is 0 Å². The van der Waals surface area contributed by atoms with Gasteiger partial charge in [-0.2, -0.15) is 0 Å². The molecule has 154 valence electrons. The van der Waals surface area contributed by atoms with Gasteiger partial charge in [-0.1, -0.05) is 18.2 Å². The van der Waals surface area contributed by atoms with E-state index in [9.17, 15) is 4.79 Å². The molecule has 0 saturated heterocycles. The van der Waals surface area contributed by atoms with Gasteiger partial charge in [-0.3, -0.25) is 9.79 Å². The molecule has 2 aliphatic heterocycles. The molecule has 0 saturated carbocycles. The lowest BCUT2D eigenvalue weighted by Gasteiger charge is -2.38. The zero-order chi connectivity index (χ0) is 20.4. The van der Waals surface area contributed by atoms with Gasteiger partial charge in [0.15, 0.2) is 5.96 Å². The van der Waals surface area contributed by atoms with Gasteiger partial charge < -0.3 is 20.3 Å². The van der Waals surface area contributed by atoms with Crippen LogP contribution in [-0.2, 0) is 17.8 Å². The van der Waals surface area contributed by atoms with E-state index in [1.54, 1.807) is 18.4 Å². The van der Waals surface area contributed by atoms with Crippen LogP contribution in [0.25, 0.3) is 0 Å². The van der Waals surface area contributed by atoms with Crippen molar-refractivity contribution < 1.29 is 9.53 Å². The predicted octanol–water partition coefficient (Wildman–Crippen LogP) is 3.10. The van der Waals surface area contributed by atoms with Crippen molar-refractivity contribution in [1.82, 2.24) is 15.5 Å². The molecule has 4 rings (SSSR count). The van der Waals surface area contributed by atoms with Gasteiger partial charge in [-0.15, -0.1) is 11.3 Å². The third-order valence-electron chi connectivity index (χ3n) is 5.48. The molecule has 29 heavy (non-hydrogen) atoms. The number of nitrogens with zero attached hydrogens (tertiary/aromatic N) is 2. The van der Waals surface area contributed by atoms with E-state index in [1.165, 1.54) is 10.4 Å². The minimum absolute atomic E-state index is 0.0691. The fourth-order valence-electron chi connectivity index (χ4n) is 4.02. The Morgan fingerprint density at radius 1 is 1.34 bits per heavy atom. The summed E-state index contributed by atoms with van der Waals surface area (Å²) in [5.41, 5.74) is 2.12. The molecule has 0 bridgehead atoms. The summed E-state index contributed by atoms with van der Waals surface area (Å²) in [6.45, 7) is 5.89. The summed E-state index contributed by atoms with van der Waals surface area (Å²) in [6, 6.07) is 10.3. The Hall–Kier alpha value is -2.54. The summed E-state index contributed by atoms with van der Waals surface area (Å²) in [4.78, 5) is 20.4. The molecule has 1 atom stereocenters. The summed E-state index contributed by atoms with van der Waals surface area (Å²) in [7, 11) is 1.73. The molecular formula is C22H28N4O2S. The Labute approximate surface area is 176 Å². The van der Waals surface area contributed by atoms with Crippen LogP contribution in [0.4, 0.5) is 0 Å². The van der Waals surface area contributed by atoms with Crippen molar-refractivity contribution in [2.75, 3.05) is 20.1 Å². The first kappa shape index (κ1) is 19.8. The van der Waals surface area contributed by atoms with Gasteiger partial charge in [0.2, 0.25) is 5.91 Å². The molecule has 0 spiro atoms. The number of guanidine groups is 1. The number of carbonyl (C=O) groups excluding carboxylic acids is 1. The average molecular weight is 413 g/mol. The van der Waals surface area contributed by atoms with Gasteiger partial charge in [-0.25, -0.2) is 0 Å². The minimum atomic E-state index is -0.271. The van der Waals surface area contributed by atoms with E-state index in [2.05, 4.69) is 47.0 Å². The van der Waals surface area contributed by atoms with E-state index < -0.39 is 0 Å². The van der Waals surface area contributed by atoms with Gasteiger partial charge in [0, 0.05) is 37.0 Å². The second-order valence-electron chi connectivity index (χ2n) is 8.16. The van der Waals surface area contributed by atoms with Crippen molar-refractivity contribution in [3.8, 4) is 5.75 Å². The summed E-state index contributed by atoms with van der Waals surface area (Å²) in [5, 5.41) is 8.78. The van der Waals surface area contributed by atoms with Crippen LogP contribution in [0.3, 0.4) is 0 Å². The van der Waals surface area contributed by atoms with E-state index in [-0.39, 0.29) is 24.1 Å². The van der Waals surface area contributed by atoms with Crippen LogP contribution < -0.4 is 15.4 Å². The third kappa shape index (κ3) is 4.40. The number of hydrogen-bond donors (Lipinski definition) is 2. The molecule has 1 amide bonds. The number of carbonyl (C=O) groups is 1. The number of rotatable bonds is 3. The summed E-state index contributed by atoms with van der Waals surface area (Å²) in [6.07, 6.45) is 1.76. The molecule has 0 fully saturated rings. The number of nitrogens with one attached hydrogen (secondary N) is 2. The van der Waals surface area contributed by atoms with Crippen molar-refractivity contribution in [3.05, 3.63) is 51.7 Å². The number of hydrogen-bond acceptors (Lipinski definition) is 4. The second-order valence-corrected chi connectivity index (χ2v) is 9.16. The summed E-state index contributed by atoms with van der Waals surface area (Å²) < 4.78 is 6.10. The van der Waals surface area contributed by atoms with Crippen molar-refractivity contribution in [2.45, 2.75) is 44.9 Å². The number of fused-ring (bicyclic) bond motifs is 2. The molecule has 2 aromatic rings. The monoisotopic (exact) mass is 412 g/mol. The van der Waals surface area contributed by atoms with Crippen molar-refractivity contribution in [1.29, 1.82) is 0 Å². The molecule has 0 aliphatic carbocycles. The van der Waals surface area contributed by atoms with Crippen LogP contribution in [0.1, 0.15) is 42.3 Å². The first-order valence-corrected chi connectivity index (χ1v) is 10.9. The molecular weight excluding hydrogens is 384 g/mol. The molecule has 7 heteroatoms. The fourth-order valence-corrected chi connectivity index (χ4v) is 4.91. The van der Waals surface area contributed by atoms with Gasteiger partial charge in [0.25, 0.3) is 0 Å². The SMILES string of the molecule is CN=C(NCC(=O)N1CCc2sccc2C1)NC1CC(C)(C)Oc2ccccc21. The topological polar surface area (TPSA) is 66.0 Å². The van der Waals surface area contributed by atoms with Crippen LogP contribution >= 0.6 is 11.3 Å². The lowest BCUT2D eigenvalue weighted by molar-refractivity contribution is -0.130. The highest BCUT2D eigenvalue weighted by Crippen LogP contribution is 2.39. The van der Waals surface area contributed by atoms with Gasteiger partial charge in [-0.05, 0) is 43.3 Å². The van der Waals surface area contributed by atoms with Crippen molar-refractivity contribution >= 4 is 23.2 Å². The number of amides is 1. The Bertz CT molecular complexity index is 921. The smallest absolute Gasteiger partial charge is 0.242 e. The molecule has 2 aliphatic rings. The van der Waals surface area contributed by atoms with Gasteiger partial charge in [0.1, 0.15) is 11.4 Å². The highest BCUT2D eigenvalue weighted by molar-refractivity contribution is 7.10. The van der Waals surface area contributed by atoms with E-state index in [4.69, 9.17) is 4.74 Å². The van der Waals surface area contributed by atoms with E-state index in [0.29, 0.717) is 12.5 Å². The largest absolute Gasteiger partial charge is 0.487 e. The van der Waals surface area contributed by atoms with E-state index in [1.807, 2.05) is 23.1 Å². The molecule has 1 unspecified atom stereocenters. The maximum Gasteiger partial charge on any atom is 0.242 e. The van der Waals surface area contributed by atoms with Crippen LogP contribution in [-0.4, -0.2) is 42.5 Å². The minimum Gasteiger partial charge on any atom is -0.487 e. The number of para-hydroxylation sites is 1. The zero-order valence-corrected chi connectivity index (χ0v) is 18.0. The Morgan fingerprint density at radius 2 is 2.17 bits per heavy atom. The Kier molecular flexibility index (Phi) is 5.50. The quantitative estimate of drug-likeness (QED) is 0.601. The third-order valence-corrected chi connectivity index (χ3v) is 6.50. The molecule has 1 aromatic carbocycles. The number of benzene rings is 1. The lowest BCUT2D eigenvalue weighted by atomic mass is 9.90. The van der Waals surface area contributed by atoms with Gasteiger partial charge in [0.05, 0.1) is 12.6 Å². The molecule has 0 radical (unpaired) electrons. The lowest BCUT2D eigenvalue weighted by Crippen LogP contribution is -2.48. The van der Waals surface area contributed by atoms with Gasteiger partial charge >= 0.3 is 0 Å². The van der Waals surface area contributed by atoms with Crippen LogP contribution in [0, 0.1) is 0 Å². The molecule has 2 N–H and O–H groups in total. The van der Waals surface area contributed by atoms with Crippen LogP contribution in [0.15, 0.2) is 40.7 Å². The number of thiophene rings is 1. The normalized spacial score (nSPS) is 20.3. The standard InChI is InChI=1S/C22H28N4O2S/c1-22(2)12-17(16-6-4-5-7-18(16)28-22)25-21(23-3)24-13-20(27)26-10-8-19-15(14-26)9-11-29-19/h4-7,9,11,17H,8,10,12-14H2,1-3H3,(H2,23,24,25). The fraction of sp³-hybridized carbons (Fsp3) is 0.455. The van der Waals surface area contributed by atoms with Crippen molar-refractivity contribution in [3.63, 3.8) is 0 Å². The first-order valence-electron chi connectivity index (χ1n) is 10.0. The highest BCUT2D eigenvalue weighted by atomic mass is 32.1. The molecule has 3 heterocycles. The summed E-state index contributed by atoms with van der Waals surface area (Å²) in [5.74, 6) is 1.62. The predicted molar refractivity (Wildman–Crippen MR) is 116 cm³/mol. The van der Waals surface area contributed by atoms with Crippen LogP contribution in [0.2, 0.25) is 0 Å². The Balaban J connectivity index is 1.37. The van der Waals surface area contributed by atoms with E-state index in [0.717, 1.165) is 30.7 Å². The number of ether oxygens (including phenoxy) is 1. The maximum absolute atomic E-state index is 12.7. The molecule has 6 nitrogen and oxygen atoms in total. The maximum atomic E-state index is 12.7. The highest BCUT2D eigenvalue weighted by Gasteiger charge is 2.34. The molecule has 1 aromatic heterocycles.